The van der Waals surface area contributed by atoms with Crippen LogP contribution >= 0.6 is 0 Å². The Hall–Kier alpha value is -2.24. The minimum Gasteiger partial charge on any atom is -0.463 e. The Balaban J connectivity index is 3.17. The molecule has 1 unspecified atom stereocenters. The quantitative estimate of drug-likeness (QED) is 0.318. The van der Waals surface area contributed by atoms with Crippen molar-refractivity contribution in [3.8, 4) is 0 Å². The second-order valence-electron chi connectivity index (χ2n) is 4.38. The van der Waals surface area contributed by atoms with E-state index in [0.717, 1.165) is 6.42 Å². The zero-order valence-electron chi connectivity index (χ0n) is 12.2. The van der Waals surface area contributed by atoms with Crippen LogP contribution in [0.5, 0.6) is 0 Å². The van der Waals surface area contributed by atoms with E-state index in [9.17, 15) is 14.5 Å². The second kappa shape index (κ2) is 8.14. The number of nitrogens with zero attached hydrogens (tertiary/aromatic N) is 1. The van der Waals surface area contributed by atoms with Gasteiger partial charge < -0.3 is 9.47 Å². The van der Waals surface area contributed by atoms with Crippen molar-refractivity contribution in [1.82, 2.24) is 0 Å². The first-order valence-corrected chi connectivity index (χ1v) is 6.87. The molecule has 0 amide bonds. The fraction of sp³-hybridized carbons (Fsp3) is 0.467. The molecule has 21 heavy (non-hydrogen) atoms. The van der Waals surface area contributed by atoms with E-state index >= 15 is 0 Å². The summed E-state index contributed by atoms with van der Waals surface area (Å²) in [4.78, 5) is 35.8. The average molecular weight is 293 g/mol. The van der Waals surface area contributed by atoms with Crippen LogP contribution in [-0.4, -0.2) is 25.2 Å². The maximum atomic E-state index is 12.3. The van der Waals surface area contributed by atoms with Gasteiger partial charge in [-0.05, 0) is 18.5 Å². The number of hydrogen-bond acceptors (Lipinski definition) is 6. The van der Waals surface area contributed by atoms with Crippen molar-refractivity contribution in [2.45, 2.75) is 32.2 Å². The molecule has 0 fully saturated rings. The van der Waals surface area contributed by atoms with Crippen molar-refractivity contribution in [2.75, 3.05) is 13.2 Å². The lowest BCUT2D eigenvalue weighted by molar-refractivity contribution is -0.164. The van der Waals surface area contributed by atoms with E-state index in [-0.39, 0.29) is 18.8 Å². The summed E-state index contributed by atoms with van der Waals surface area (Å²) in [5.74, 6) is -2.02. The highest BCUT2D eigenvalue weighted by molar-refractivity contribution is 6.06. The van der Waals surface area contributed by atoms with Gasteiger partial charge in [0, 0.05) is 5.56 Å². The maximum Gasteiger partial charge on any atom is 0.354 e. The number of rotatable bonds is 8. The topological polar surface area (TPSA) is 82.0 Å². The Morgan fingerprint density at radius 1 is 1.10 bits per heavy atom. The van der Waals surface area contributed by atoms with Gasteiger partial charge in [0.1, 0.15) is 0 Å². The summed E-state index contributed by atoms with van der Waals surface area (Å²) in [7, 11) is 0. The summed E-state index contributed by atoms with van der Waals surface area (Å²) in [6.07, 6.45) is 1.46. The van der Waals surface area contributed by atoms with Crippen molar-refractivity contribution >= 4 is 11.9 Å². The van der Waals surface area contributed by atoms with Crippen LogP contribution in [0.3, 0.4) is 0 Å². The van der Waals surface area contributed by atoms with Gasteiger partial charge in [-0.2, -0.15) is 0 Å². The molecule has 1 aromatic rings. The molecular formula is C15H19NO5. The van der Waals surface area contributed by atoms with Gasteiger partial charge in [-0.1, -0.05) is 43.7 Å². The highest BCUT2D eigenvalue weighted by atomic mass is 16.6. The SMILES string of the molecule is CCCCOC(=O)C(N=O)(C(=O)OCC)c1ccccc1. The fourth-order valence-electron chi connectivity index (χ4n) is 1.77. The molecule has 0 heterocycles. The molecule has 6 nitrogen and oxygen atoms in total. The molecule has 1 atom stereocenters. The molecule has 0 saturated heterocycles. The van der Waals surface area contributed by atoms with Gasteiger partial charge >= 0.3 is 17.5 Å². The van der Waals surface area contributed by atoms with Crippen LogP contribution in [0.2, 0.25) is 0 Å². The van der Waals surface area contributed by atoms with Crippen LogP contribution in [0.1, 0.15) is 32.3 Å². The van der Waals surface area contributed by atoms with Crippen molar-refractivity contribution in [3.63, 3.8) is 0 Å². The van der Waals surface area contributed by atoms with Crippen molar-refractivity contribution in [2.24, 2.45) is 5.18 Å². The summed E-state index contributed by atoms with van der Waals surface area (Å²) in [5, 5.41) is 2.79. The van der Waals surface area contributed by atoms with E-state index in [1.165, 1.54) is 12.1 Å². The van der Waals surface area contributed by atoms with Crippen LogP contribution in [0.15, 0.2) is 35.5 Å². The molecule has 0 aromatic heterocycles. The predicted octanol–water partition coefficient (Wildman–Crippen LogP) is 2.55. The number of carbonyl (C=O) groups excluding carboxylic acids is 2. The molecule has 6 heteroatoms. The first kappa shape index (κ1) is 16.8. The first-order chi connectivity index (χ1) is 10.1. The predicted molar refractivity (Wildman–Crippen MR) is 76.4 cm³/mol. The first-order valence-electron chi connectivity index (χ1n) is 6.87. The Morgan fingerprint density at radius 2 is 1.71 bits per heavy atom. The van der Waals surface area contributed by atoms with E-state index in [1.54, 1.807) is 25.1 Å². The molecule has 0 aliphatic heterocycles. The number of unbranched alkanes of at least 4 members (excludes halogenated alkanes) is 1. The van der Waals surface area contributed by atoms with E-state index < -0.39 is 17.5 Å². The summed E-state index contributed by atoms with van der Waals surface area (Å²) in [5.41, 5.74) is -2.16. The zero-order chi connectivity index (χ0) is 15.7. The number of esters is 2. The molecule has 0 bridgehead atoms. The molecule has 0 saturated carbocycles. The normalized spacial score (nSPS) is 13.0. The molecule has 114 valence electrons. The van der Waals surface area contributed by atoms with Gasteiger partial charge in [0.2, 0.25) is 0 Å². The van der Waals surface area contributed by atoms with Crippen LogP contribution in [0.25, 0.3) is 0 Å². The average Bonchev–Trinajstić information content (AvgIpc) is 2.50. The Morgan fingerprint density at radius 3 is 2.24 bits per heavy atom. The summed E-state index contributed by atoms with van der Waals surface area (Å²) in [6, 6.07) is 7.85. The zero-order valence-corrected chi connectivity index (χ0v) is 12.2. The fourth-order valence-corrected chi connectivity index (χ4v) is 1.77. The number of carbonyl (C=O) groups is 2. The highest BCUT2D eigenvalue weighted by Gasteiger charge is 2.53. The van der Waals surface area contributed by atoms with Crippen LogP contribution in [0, 0.1) is 4.91 Å². The maximum absolute atomic E-state index is 12.3. The third kappa shape index (κ3) is 3.65. The van der Waals surface area contributed by atoms with Crippen LogP contribution in [-0.2, 0) is 24.6 Å². The van der Waals surface area contributed by atoms with E-state index in [2.05, 4.69) is 5.18 Å². The number of hydrogen-bond donors (Lipinski definition) is 0. The van der Waals surface area contributed by atoms with Gasteiger partial charge in [0.05, 0.1) is 13.2 Å². The molecule has 0 N–H and O–H groups in total. The Bertz CT molecular complexity index is 488. The van der Waals surface area contributed by atoms with E-state index in [1.807, 2.05) is 6.92 Å². The number of benzene rings is 1. The minimum atomic E-state index is -2.30. The van der Waals surface area contributed by atoms with Gasteiger partial charge in [-0.25, -0.2) is 9.59 Å². The van der Waals surface area contributed by atoms with Crippen molar-refractivity contribution < 1.29 is 19.1 Å². The Labute approximate surface area is 123 Å². The lowest BCUT2D eigenvalue weighted by atomic mass is 9.91. The number of ether oxygens (including phenoxy) is 2. The smallest absolute Gasteiger partial charge is 0.354 e. The lowest BCUT2D eigenvalue weighted by Gasteiger charge is -2.22. The minimum absolute atomic E-state index is 0.0329. The highest BCUT2D eigenvalue weighted by Crippen LogP contribution is 2.29. The van der Waals surface area contributed by atoms with Gasteiger partial charge in [0.25, 0.3) is 0 Å². The largest absolute Gasteiger partial charge is 0.463 e. The molecule has 0 aliphatic carbocycles. The third-order valence-corrected chi connectivity index (χ3v) is 2.93. The van der Waals surface area contributed by atoms with E-state index in [4.69, 9.17) is 9.47 Å². The molecule has 1 rings (SSSR count). The van der Waals surface area contributed by atoms with Gasteiger partial charge in [0.15, 0.2) is 0 Å². The summed E-state index contributed by atoms with van der Waals surface area (Å²) >= 11 is 0. The van der Waals surface area contributed by atoms with Crippen molar-refractivity contribution in [3.05, 3.63) is 40.8 Å². The molecule has 0 aliphatic rings. The summed E-state index contributed by atoms with van der Waals surface area (Å²) < 4.78 is 9.87. The standard InChI is InChI=1S/C15H19NO5/c1-3-5-11-21-14(18)15(16-19,13(17)20-4-2)12-9-7-6-8-10-12/h6-10H,3-5,11H2,1-2H3. The monoisotopic (exact) mass is 293 g/mol. The number of nitroso groups, excluding NO2 is 1. The second-order valence-corrected chi connectivity index (χ2v) is 4.38. The van der Waals surface area contributed by atoms with Gasteiger partial charge in [-0.3, -0.25) is 0 Å². The molecule has 0 spiro atoms. The molecule has 0 radical (unpaired) electrons. The lowest BCUT2D eigenvalue weighted by Crippen LogP contribution is -2.44. The van der Waals surface area contributed by atoms with E-state index in [0.29, 0.717) is 6.42 Å². The van der Waals surface area contributed by atoms with Crippen LogP contribution < -0.4 is 0 Å². The summed E-state index contributed by atoms with van der Waals surface area (Å²) in [6.45, 7) is 3.67. The van der Waals surface area contributed by atoms with Gasteiger partial charge in [-0.15, -0.1) is 4.91 Å². The molecular weight excluding hydrogens is 274 g/mol. The Kier molecular flexibility index (Phi) is 6.52. The molecule has 1 aromatic carbocycles. The van der Waals surface area contributed by atoms with Crippen LogP contribution in [0.4, 0.5) is 0 Å². The van der Waals surface area contributed by atoms with Crippen molar-refractivity contribution in [1.29, 1.82) is 0 Å². The third-order valence-electron chi connectivity index (χ3n) is 2.93.